The van der Waals surface area contributed by atoms with Crippen LogP contribution in [0.25, 0.3) is 0 Å². The zero-order valence-electron chi connectivity index (χ0n) is 11.6. The number of ether oxygens (including phenoxy) is 1. The van der Waals surface area contributed by atoms with Gasteiger partial charge in [0.25, 0.3) is 0 Å². The molecule has 1 N–H and O–H groups in total. The summed E-state index contributed by atoms with van der Waals surface area (Å²) < 4.78 is 5.46. The first-order valence-electron chi connectivity index (χ1n) is 6.48. The Morgan fingerprint density at radius 2 is 1.72 bits per heavy atom. The SMILES string of the molecule is COc1c(Cl)c2c(c(C)c1C(C)(C)O)CCCC2. The third-order valence-electron chi connectivity index (χ3n) is 3.80. The molecule has 18 heavy (non-hydrogen) atoms. The molecule has 0 bridgehead atoms. The maximum absolute atomic E-state index is 10.4. The zero-order valence-corrected chi connectivity index (χ0v) is 12.3. The number of hydrogen-bond donors (Lipinski definition) is 1. The van der Waals surface area contributed by atoms with Gasteiger partial charge in [-0.15, -0.1) is 0 Å². The Hall–Kier alpha value is -0.730. The standard InChI is InChI=1S/C15H21ClO2/c1-9-10-7-5-6-8-11(10)13(16)14(18-4)12(9)15(2,3)17/h17H,5-8H2,1-4H3. The summed E-state index contributed by atoms with van der Waals surface area (Å²) in [7, 11) is 1.62. The van der Waals surface area contributed by atoms with Crippen molar-refractivity contribution in [2.45, 2.75) is 52.1 Å². The average molecular weight is 269 g/mol. The van der Waals surface area contributed by atoms with Crippen molar-refractivity contribution in [1.82, 2.24) is 0 Å². The summed E-state index contributed by atoms with van der Waals surface area (Å²) in [5, 5.41) is 11.1. The minimum atomic E-state index is -0.939. The highest BCUT2D eigenvalue weighted by Crippen LogP contribution is 2.44. The Kier molecular flexibility index (Phi) is 3.61. The van der Waals surface area contributed by atoms with Crippen LogP contribution in [-0.4, -0.2) is 12.2 Å². The molecule has 1 aliphatic carbocycles. The van der Waals surface area contributed by atoms with Crippen molar-refractivity contribution in [2.75, 3.05) is 7.11 Å². The quantitative estimate of drug-likeness (QED) is 0.885. The first-order valence-corrected chi connectivity index (χ1v) is 6.86. The van der Waals surface area contributed by atoms with Gasteiger partial charge in [0.2, 0.25) is 0 Å². The van der Waals surface area contributed by atoms with Crippen molar-refractivity contribution in [3.63, 3.8) is 0 Å². The highest BCUT2D eigenvalue weighted by molar-refractivity contribution is 6.33. The Bertz CT molecular complexity index is 473. The molecule has 1 aromatic rings. The first kappa shape index (κ1) is 13.7. The molecule has 0 aromatic heterocycles. The summed E-state index contributed by atoms with van der Waals surface area (Å²) in [6.45, 7) is 5.63. The Labute approximate surface area is 114 Å². The number of fused-ring (bicyclic) bond motifs is 1. The highest BCUT2D eigenvalue weighted by atomic mass is 35.5. The van der Waals surface area contributed by atoms with Gasteiger partial charge in [-0.2, -0.15) is 0 Å². The zero-order chi connectivity index (χ0) is 13.5. The summed E-state index contributed by atoms with van der Waals surface area (Å²) in [5.74, 6) is 0.641. The molecule has 0 atom stereocenters. The maximum atomic E-state index is 10.4. The molecule has 0 unspecified atom stereocenters. The van der Waals surface area contributed by atoms with Crippen LogP contribution < -0.4 is 4.74 Å². The van der Waals surface area contributed by atoms with E-state index in [4.69, 9.17) is 16.3 Å². The number of aliphatic hydroxyl groups is 1. The van der Waals surface area contributed by atoms with Crippen molar-refractivity contribution in [1.29, 1.82) is 0 Å². The van der Waals surface area contributed by atoms with E-state index in [1.807, 2.05) is 0 Å². The van der Waals surface area contributed by atoms with E-state index in [0.29, 0.717) is 10.8 Å². The molecular weight excluding hydrogens is 248 g/mol. The molecule has 0 radical (unpaired) electrons. The van der Waals surface area contributed by atoms with E-state index in [1.54, 1.807) is 21.0 Å². The fraction of sp³-hybridized carbons (Fsp3) is 0.600. The van der Waals surface area contributed by atoms with Crippen LogP contribution in [0.1, 0.15) is 48.9 Å². The fourth-order valence-corrected chi connectivity index (χ4v) is 3.44. The summed E-state index contributed by atoms with van der Waals surface area (Å²) in [5.41, 5.74) is 3.55. The number of hydrogen-bond acceptors (Lipinski definition) is 2. The summed E-state index contributed by atoms with van der Waals surface area (Å²) in [6.07, 6.45) is 4.43. The van der Waals surface area contributed by atoms with Gasteiger partial charge in [-0.25, -0.2) is 0 Å². The molecule has 0 heterocycles. The third-order valence-corrected chi connectivity index (χ3v) is 4.20. The van der Waals surface area contributed by atoms with Gasteiger partial charge < -0.3 is 9.84 Å². The van der Waals surface area contributed by atoms with Crippen LogP contribution in [0.4, 0.5) is 0 Å². The molecule has 100 valence electrons. The molecule has 0 aliphatic heterocycles. The van der Waals surface area contributed by atoms with E-state index >= 15 is 0 Å². The third kappa shape index (κ3) is 2.12. The molecule has 0 saturated heterocycles. The van der Waals surface area contributed by atoms with Gasteiger partial charge in [0.1, 0.15) is 5.75 Å². The molecule has 0 amide bonds. The van der Waals surface area contributed by atoms with Crippen LogP contribution in [0.15, 0.2) is 0 Å². The maximum Gasteiger partial charge on any atom is 0.144 e. The van der Waals surface area contributed by atoms with E-state index in [1.165, 1.54) is 24.0 Å². The molecule has 2 rings (SSSR count). The predicted octanol–water partition coefficient (Wildman–Crippen LogP) is 3.76. The summed E-state index contributed by atoms with van der Waals surface area (Å²) in [6, 6.07) is 0. The topological polar surface area (TPSA) is 29.5 Å². The van der Waals surface area contributed by atoms with Crippen molar-refractivity contribution in [3.05, 3.63) is 27.3 Å². The lowest BCUT2D eigenvalue weighted by molar-refractivity contribution is 0.0748. The molecule has 0 spiro atoms. The van der Waals surface area contributed by atoms with Crippen LogP contribution in [0.3, 0.4) is 0 Å². The van der Waals surface area contributed by atoms with Gasteiger partial charge in [-0.05, 0) is 63.1 Å². The Morgan fingerprint density at radius 1 is 1.17 bits per heavy atom. The van der Waals surface area contributed by atoms with Crippen molar-refractivity contribution < 1.29 is 9.84 Å². The minimum absolute atomic E-state index is 0.641. The highest BCUT2D eigenvalue weighted by Gasteiger charge is 2.30. The van der Waals surface area contributed by atoms with E-state index < -0.39 is 5.60 Å². The second kappa shape index (κ2) is 4.75. The second-order valence-corrected chi connectivity index (χ2v) is 5.95. The van der Waals surface area contributed by atoms with Gasteiger partial charge in [0.15, 0.2) is 0 Å². The molecular formula is C15H21ClO2. The smallest absolute Gasteiger partial charge is 0.144 e. The van der Waals surface area contributed by atoms with Crippen LogP contribution in [0.5, 0.6) is 5.75 Å². The predicted molar refractivity (Wildman–Crippen MR) is 74.6 cm³/mol. The van der Waals surface area contributed by atoms with Gasteiger partial charge >= 0.3 is 0 Å². The minimum Gasteiger partial charge on any atom is -0.495 e. The van der Waals surface area contributed by atoms with Gasteiger partial charge in [0.05, 0.1) is 17.7 Å². The van der Waals surface area contributed by atoms with Crippen molar-refractivity contribution in [3.8, 4) is 5.75 Å². The monoisotopic (exact) mass is 268 g/mol. The van der Waals surface area contributed by atoms with Crippen molar-refractivity contribution in [2.24, 2.45) is 0 Å². The van der Waals surface area contributed by atoms with Crippen LogP contribution in [0, 0.1) is 6.92 Å². The van der Waals surface area contributed by atoms with Crippen LogP contribution in [-0.2, 0) is 18.4 Å². The fourth-order valence-electron chi connectivity index (χ4n) is 3.06. The normalized spacial score (nSPS) is 15.4. The number of halogens is 1. The van der Waals surface area contributed by atoms with E-state index in [0.717, 1.165) is 24.0 Å². The second-order valence-electron chi connectivity index (χ2n) is 5.57. The lowest BCUT2D eigenvalue weighted by Crippen LogP contribution is -2.21. The lowest BCUT2D eigenvalue weighted by atomic mass is 9.82. The summed E-state index contributed by atoms with van der Waals surface area (Å²) in [4.78, 5) is 0. The number of methoxy groups -OCH3 is 1. The van der Waals surface area contributed by atoms with Crippen LogP contribution in [0.2, 0.25) is 5.02 Å². The molecule has 0 saturated carbocycles. The first-order chi connectivity index (χ1) is 8.38. The molecule has 1 aliphatic rings. The van der Waals surface area contributed by atoms with Gasteiger partial charge in [-0.3, -0.25) is 0 Å². The number of rotatable bonds is 2. The average Bonchev–Trinajstić information content (AvgIpc) is 2.32. The van der Waals surface area contributed by atoms with E-state index in [2.05, 4.69) is 6.92 Å². The van der Waals surface area contributed by atoms with E-state index in [-0.39, 0.29) is 0 Å². The van der Waals surface area contributed by atoms with E-state index in [9.17, 15) is 5.11 Å². The molecule has 0 fully saturated rings. The molecule has 2 nitrogen and oxygen atoms in total. The lowest BCUT2D eigenvalue weighted by Gasteiger charge is -2.29. The largest absolute Gasteiger partial charge is 0.495 e. The van der Waals surface area contributed by atoms with Gasteiger partial charge in [-0.1, -0.05) is 11.6 Å². The van der Waals surface area contributed by atoms with Crippen LogP contribution >= 0.6 is 11.6 Å². The van der Waals surface area contributed by atoms with Gasteiger partial charge in [0, 0.05) is 5.56 Å². The van der Waals surface area contributed by atoms with Crippen molar-refractivity contribution >= 4 is 11.6 Å². The number of benzene rings is 1. The Morgan fingerprint density at radius 3 is 2.22 bits per heavy atom. The molecule has 1 aromatic carbocycles. The molecule has 3 heteroatoms. The Balaban J connectivity index is 2.77. The summed E-state index contributed by atoms with van der Waals surface area (Å²) >= 11 is 6.47.